The second-order valence-corrected chi connectivity index (χ2v) is 8.38. The normalized spacial score (nSPS) is 12.4. The highest BCUT2D eigenvalue weighted by atomic mass is 32.2. The third-order valence-electron chi connectivity index (χ3n) is 4.03. The fourth-order valence-electron chi connectivity index (χ4n) is 1.68. The predicted octanol–water partition coefficient (Wildman–Crippen LogP) is 2.60. The Labute approximate surface area is 128 Å². The van der Waals surface area contributed by atoms with Crippen LogP contribution in [0.3, 0.4) is 0 Å². The minimum Gasteiger partial charge on any atom is -0.315 e. The van der Waals surface area contributed by atoms with Crippen molar-refractivity contribution in [1.82, 2.24) is 5.32 Å². The number of benzene rings is 1. The summed E-state index contributed by atoms with van der Waals surface area (Å²) in [4.78, 5) is 0.270. The number of hydrogen-bond acceptors (Lipinski definition) is 4. The third kappa shape index (κ3) is 5.14. The van der Waals surface area contributed by atoms with E-state index in [9.17, 15) is 8.42 Å². The minimum absolute atomic E-state index is 0.0626. The van der Waals surface area contributed by atoms with Crippen LogP contribution in [0, 0.1) is 22.7 Å². The molecule has 5 heteroatoms. The van der Waals surface area contributed by atoms with Gasteiger partial charge in [-0.05, 0) is 35.6 Å². The van der Waals surface area contributed by atoms with Gasteiger partial charge in [-0.15, -0.1) is 0 Å². The Morgan fingerprint density at radius 1 is 1.24 bits per heavy atom. The summed E-state index contributed by atoms with van der Waals surface area (Å²) < 4.78 is 24.3. The van der Waals surface area contributed by atoms with E-state index in [0.717, 1.165) is 6.54 Å². The number of sulfone groups is 1. The molecule has 1 aromatic carbocycles. The van der Waals surface area contributed by atoms with Gasteiger partial charge in [0.1, 0.15) is 0 Å². The molecule has 0 saturated carbocycles. The van der Waals surface area contributed by atoms with E-state index in [2.05, 4.69) is 33.0 Å². The summed E-state index contributed by atoms with van der Waals surface area (Å²) in [5.41, 5.74) is 0.601. The molecule has 1 N–H and O–H groups in total. The van der Waals surface area contributed by atoms with Crippen LogP contribution in [0.2, 0.25) is 0 Å². The van der Waals surface area contributed by atoms with Gasteiger partial charge >= 0.3 is 0 Å². The molecule has 0 fully saturated rings. The molecule has 0 unspecified atom stereocenters. The van der Waals surface area contributed by atoms with Gasteiger partial charge < -0.3 is 5.32 Å². The first-order chi connectivity index (χ1) is 9.69. The van der Waals surface area contributed by atoms with E-state index in [-0.39, 0.29) is 16.1 Å². The van der Waals surface area contributed by atoms with Crippen molar-refractivity contribution in [2.45, 2.75) is 32.6 Å². The maximum Gasteiger partial charge on any atom is 0.179 e. The van der Waals surface area contributed by atoms with E-state index in [1.54, 1.807) is 0 Å². The maximum atomic E-state index is 12.2. The van der Waals surface area contributed by atoms with Crippen molar-refractivity contribution in [3.8, 4) is 6.07 Å². The smallest absolute Gasteiger partial charge is 0.179 e. The summed E-state index contributed by atoms with van der Waals surface area (Å²) in [7, 11) is -3.30. The number of rotatable bonds is 7. The van der Waals surface area contributed by atoms with E-state index >= 15 is 0 Å². The zero-order valence-electron chi connectivity index (χ0n) is 13.2. The van der Waals surface area contributed by atoms with Crippen LogP contribution in [0.4, 0.5) is 0 Å². The highest BCUT2D eigenvalue weighted by molar-refractivity contribution is 7.91. The molecule has 0 aliphatic rings. The highest BCUT2D eigenvalue weighted by Gasteiger charge is 2.22. The van der Waals surface area contributed by atoms with E-state index in [1.165, 1.54) is 24.3 Å². The first-order valence-electron chi connectivity index (χ1n) is 7.13. The van der Waals surface area contributed by atoms with Gasteiger partial charge in [0.2, 0.25) is 0 Å². The Balaban J connectivity index is 2.56. The van der Waals surface area contributed by atoms with Crippen LogP contribution in [0.25, 0.3) is 0 Å². The monoisotopic (exact) mass is 308 g/mol. The first kappa shape index (κ1) is 17.7. The Bertz CT molecular complexity index is 596. The van der Waals surface area contributed by atoms with Crippen molar-refractivity contribution in [3.05, 3.63) is 29.8 Å². The fraction of sp³-hybridized carbons (Fsp3) is 0.562. The summed E-state index contributed by atoms with van der Waals surface area (Å²) >= 11 is 0. The van der Waals surface area contributed by atoms with Crippen LogP contribution in [-0.2, 0) is 9.84 Å². The molecule has 0 amide bonds. The second-order valence-electron chi connectivity index (χ2n) is 6.28. The summed E-state index contributed by atoms with van der Waals surface area (Å²) in [6.45, 7) is 9.87. The molecular formula is C16H24N2O2S. The number of nitriles is 1. The molecule has 1 rings (SSSR count). The molecule has 0 heterocycles. The molecule has 0 saturated heterocycles. The Morgan fingerprint density at radius 3 is 2.29 bits per heavy atom. The molecule has 0 aliphatic heterocycles. The molecule has 0 spiro atoms. The van der Waals surface area contributed by atoms with Crippen LogP contribution < -0.4 is 5.32 Å². The van der Waals surface area contributed by atoms with Crippen LogP contribution in [0.15, 0.2) is 29.2 Å². The predicted molar refractivity (Wildman–Crippen MR) is 84.7 cm³/mol. The number of hydrogen-bond donors (Lipinski definition) is 1. The van der Waals surface area contributed by atoms with Crippen LogP contribution in [0.5, 0.6) is 0 Å². The van der Waals surface area contributed by atoms with Gasteiger partial charge in [-0.3, -0.25) is 0 Å². The molecular weight excluding hydrogens is 284 g/mol. The van der Waals surface area contributed by atoms with Crippen LogP contribution >= 0.6 is 0 Å². The fourth-order valence-corrected chi connectivity index (χ4v) is 2.88. The molecule has 21 heavy (non-hydrogen) atoms. The van der Waals surface area contributed by atoms with Gasteiger partial charge in [-0.25, -0.2) is 8.42 Å². The van der Waals surface area contributed by atoms with Crippen molar-refractivity contribution in [1.29, 1.82) is 5.26 Å². The van der Waals surface area contributed by atoms with Gasteiger partial charge in [0.15, 0.2) is 9.84 Å². The lowest BCUT2D eigenvalue weighted by molar-refractivity contribution is 0.240. The van der Waals surface area contributed by atoms with E-state index in [1.807, 2.05) is 6.07 Å². The molecule has 0 radical (unpaired) electrons. The Kier molecular flexibility index (Phi) is 5.94. The van der Waals surface area contributed by atoms with Crippen molar-refractivity contribution in [3.63, 3.8) is 0 Å². The first-order valence-corrected chi connectivity index (χ1v) is 8.78. The Hall–Kier alpha value is -1.38. The molecule has 116 valence electrons. The zero-order valence-corrected chi connectivity index (χ0v) is 14.0. The van der Waals surface area contributed by atoms with E-state index in [0.29, 0.717) is 18.0 Å². The molecule has 0 aliphatic carbocycles. The van der Waals surface area contributed by atoms with Crippen molar-refractivity contribution >= 4 is 9.84 Å². The summed E-state index contributed by atoms with van der Waals surface area (Å²) in [6, 6.07) is 8.02. The standard InChI is InChI=1S/C16H24N2O2S/c1-13(2)16(3,4)12-18-9-10-21(19,20)15-7-5-14(11-17)6-8-15/h5-8,13,18H,9-10,12H2,1-4H3. The van der Waals surface area contributed by atoms with E-state index < -0.39 is 9.84 Å². The topological polar surface area (TPSA) is 70.0 Å². The minimum atomic E-state index is -3.30. The highest BCUT2D eigenvalue weighted by Crippen LogP contribution is 2.24. The van der Waals surface area contributed by atoms with E-state index in [4.69, 9.17) is 5.26 Å². The lowest BCUT2D eigenvalue weighted by atomic mass is 9.81. The summed E-state index contributed by atoms with van der Waals surface area (Å²) in [6.07, 6.45) is 0. The second kappa shape index (κ2) is 7.06. The van der Waals surface area contributed by atoms with Crippen molar-refractivity contribution in [2.24, 2.45) is 11.3 Å². The zero-order chi connectivity index (χ0) is 16.1. The van der Waals surface area contributed by atoms with Gasteiger partial charge in [-0.1, -0.05) is 27.7 Å². The SMILES string of the molecule is CC(C)C(C)(C)CNCCS(=O)(=O)c1ccc(C#N)cc1. The quantitative estimate of drug-likeness (QED) is 0.786. The third-order valence-corrected chi connectivity index (χ3v) is 5.77. The Morgan fingerprint density at radius 2 is 1.81 bits per heavy atom. The molecule has 0 aromatic heterocycles. The summed E-state index contributed by atoms with van der Waals surface area (Å²) in [5, 5.41) is 11.9. The van der Waals surface area contributed by atoms with Gasteiger partial charge in [-0.2, -0.15) is 5.26 Å². The van der Waals surface area contributed by atoms with Gasteiger partial charge in [0.25, 0.3) is 0 Å². The van der Waals surface area contributed by atoms with Crippen LogP contribution in [-0.4, -0.2) is 27.3 Å². The average Bonchev–Trinajstić information content (AvgIpc) is 2.43. The van der Waals surface area contributed by atoms with Gasteiger partial charge in [0.05, 0.1) is 22.3 Å². The molecule has 0 atom stereocenters. The molecule has 4 nitrogen and oxygen atoms in total. The van der Waals surface area contributed by atoms with Crippen molar-refractivity contribution in [2.75, 3.05) is 18.8 Å². The lowest BCUT2D eigenvalue weighted by Crippen LogP contribution is -2.35. The lowest BCUT2D eigenvalue weighted by Gasteiger charge is -2.29. The summed E-state index contributed by atoms with van der Waals surface area (Å²) in [5.74, 6) is 0.590. The molecule has 0 bridgehead atoms. The number of nitrogens with one attached hydrogen (secondary N) is 1. The molecule has 1 aromatic rings. The van der Waals surface area contributed by atoms with Gasteiger partial charge in [0, 0.05) is 13.1 Å². The maximum absolute atomic E-state index is 12.2. The van der Waals surface area contributed by atoms with Crippen molar-refractivity contribution < 1.29 is 8.42 Å². The average molecular weight is 308 g/mol. The van der Waals surface area contributed by atoms with Crippen LogP contribution in [0.1, 0.15) is 33.3 Å². The largest absolute Gasteiger partial charge is 0.315 e. The number of nitrogens with zero attached hydrogens (tertiary/aromatic N) is 1.